The van der Waals surface area contributed by atoms with E-state index in [0.29, 0.717) is 31.0 Å². The molecular formula is C22H27NO5. The Morgan fingerprint density at radius 1 is 1.07 bits per heavy atom. The fraction of sp³-hybridized carbons (Fsp3) is 0.364. The molecule has 2 rings (SSSR count). The molecule has 28 heavy (non-hydrogen) atoms. The van der Waals surface area contributed by atoms with Crippen molar-refractivity contribution in [1.82, 2.24) is 4.90 Å². The third-order valence-corrected chi connectivity index (χ3v) is 4.54. The summed E-state index contributed by atoms with van der Waals surface area (Å²) < 4.78 is 10.6. The monoisotopic (exact) mass is 385 g/mol. The van der Waals surface area contributed by atoms with Crippen LogP contribution in [0, 0.1) is 6.92 Å². The van der Waals surface area contributed by atoms with Crippen LogP contribution in [0.2, 0.25) is 0 Å². The molecular weight excluding hydrogens is 358 g/mol. The van der Waals surface area contributed by atoms with Crippen LogP contribution in [-0.2, 0) is 27.3 Å². The largest absolute Gasteiger partial charge is 0.496 e. The molecule has 2 aromatic carbocycles. The number of carboxylic acids is 1. The van der Waals surface area contributed by atoms with E-state index in [1.165, 1.54) is 0 Å². The average molecular weight is 385 g/mol. The fourth-order valence-electron chi connectivity index (χ4n) is 3.12. The highest BCUT2D eigenvalue weighted by atomic mass is 16.5. The van der Waals surface area contributed by atoms with Crippen LogP contribution in [0.25, 0.3) is 11.1 Å². The zero-order valence-electron chi connectivity index (χ0n) is 16.8. The van der Waals surface area contributed by atoms with Gasteiger partial charge in [0.25, 0.3) is 0 Å². The number of ether oxygens (including phenoxy) is 2. The molecule has 6 nitrogen and oxygen atoms in total. The van der Waals surface area contributed by atoms with E-state index >= 15 is 0 Å². The molecule has 0 radical (unpaired) electrons. The molecule has 0 aliphatic heterocycles. The molecule has 0 spiro atoms. The predicted octanol–water partition coefficient (Wildman–Crippen LogP) is 3.29. The minimum atomic E-state index is -0.887. The van der Waals surface area contributed by atoms with Crippen molar-refractivity contribution in [3.05, 3.63) is 53.1 Å². The molecule has 0 saturated carbocycles. The second-order valence-electron chi connectivity index (χ2n) is 6.70. The Kier molecular flexibility index (Phi) is 7.58. The Bertz CT molecular complexity index is 847. The topological polar surface area (TPSA) is 76.1 Å². The maximum atomic E-state index is 12.1. The Morgan fingerprint density at radius 2 is 1.82 bits per heavy atom. The van der Waals surface area contributed by atoms with Crippen LogP contribution in [0.3, 0.4) is 0 Å². The van der Waals surface area contributed by atoms with Crippen molar-refractivity contribution >= 4 is 11.9 Å². The number of aliphatic carboxylic acids is 1. The van der Waals surface area contributed by atoms with Gasteiger partial charge >= 0.3 is 5.97 Å². The second kappa shape index (κ2) is 9.90. The van der Waals surface area contributed by atoms with Crippen LogP contribution < -0.4 is 4.74 Å². The summed E-state index contributed by atoms with van der Waals surface area (Å²) in [5.74, 6) is -0.260. The van der Waals surface area contributed by atoms with Crippen molar-refractivity contribution in [1.29, 1.82) is 0 Å². The summed E-state index contributed by atoms with van der Waals surface area (Å²) in [4.78, 5) is 24.9. The van der Waals surface area contributed by atoms with Gasteiger partial charge in [0.05, 0.1) is 20.1 Å². The number of methoxy groups -OCH3 is 2. The van der Waals surface area contributed by atoms with Crippen LogP contribution in [0.1, 0.15) is 23.6 Å². The van der Waals surface area contributed by atoms with Gasteiger partial charge in [-0.15, -0.1) is 0 Å². The summed E-state index contributed by atoms with van der Waals surface area (Å²) in [7, 11) is 3.19. The first-order valence-corrected chi connectivity index (χ1v) is 9.08. The Labute approximate surface area is 165 Å². The maximum Gasteiger partial charge on any atom is 0.307 e. The highest BCUT2D eigenvalue weighted by Gasteiger charge is 2.16. The van der Waals surface area contributed by atoms with Crippen molar-refractivity contribution in [3.63, 3.8) is 0 Å². The molecule has 0 unspecified atom stereocenters. The summed E-state index contributed by atoms with van der Waals surface area (Å²) in [5, 5.41) is 9.12. The lowest BCUT2D eigenvalue weighted by Gasteiger charge is -2.23. The number of rotatable bonds is 9. The number of carbonyl (C=O) groups excluding carboxylic acids is 1. The highest BCUT2D eigenvalue weighted by molar-refractivity contribution is 5.78. The number of amides is 1. The first kappa shape index (κ1) is 21.4. The molecule has 0 aromatic heterocycles. The summed E-state index contributed by atoms with van der Waals surface area (Å²) in [5.41, 5.74) is 4.47. The Morgan fingerprint density at radius 3 is 2.43 bits per heavy atom. The van der Waals surface area contributed by atoms with Crippen molar-refractivity contribution in [2.24, 2.45) is 0 Å². The molecule has 0 fully saturated rings. The number of hydrogen-bond donors (Lipinski definition) is 1. The second-order valence-corrected chi connectivity index (χ2v) is 6.70. The van der Waals surface area contributed by atoms with Gasteiger partial charge in [-0.2, -0.15) is 0 Å². The summed E-state index contributed by atoms with van der Waals surface area (Å²) in [6, 6.07) is 11.4. The highest BCUT2D eigenvalue weighted by Crippen LogP contribution is 2.34. The van der Waals surface area contributed by atoms with Gasteiger partial charge < -0.3 is 19.5 Å². The average Bonchev–Trinajstić information content (AvgIpc) is 2.64. The molecule has 1 N–H and O–H groups in total. The van der Waals surface area contributed by atoms with Crippen molar-refractivity contribution in [2.45, 2.75) is 26.8 Å². The van der Waals surface area contributed by atoms with Crippen molar-refractivity contribution in [2.75, 3.05) is 27.4 Å². The van der Waals surface area contributed by atoms with Crippen LogP contribution in [0.15, 0.2) is 36.4 Å². The first-order valence-electron chi connectivity index (χ1n) is 9.08. The molecule has 0 atom stereocenters. The molecule has 0 saturated heterocycles. The van der Waals surface area contributed by atoms with Gasteiger partial charge in [0.15, 0.2) is 0 Å². The van der Waals surface area contributed by atoms with Gasteiger partial charge in [-0.1, -0.05) is 29.8 Å². The molecule has 1 amide bonds. The predicted molar refractivity (Wildman–Crippen MR) is 107 cm³/mol. The fourth-order valence-corrected chi connectivity index (χ4v) is 3.12. The van der Waals surface area contributed by atoms with Gasteiger partial charge in [0.1, 0.15) is 5.75 Å². The van der Waals surface area contributed by atoms with E-state index in [1.54, 1.807) is 38.2 Å². The molecule has 6 heteroatoms. The van der Waals surface area contributed by atoms with Crippen LogP contribution in [0.4, 0.5) is 0 Å². The van der Waals surface area contributed by atoms with Gasteiger partial charge in [-0.3, -0.25) is 9.59 Å². The van der Waals surface area contributed by atoms with Gasteiger partial charge in [0, 0.05) is 32.7 Å². The van der Waals surface area contributed by atoms with E-state index < -0.39 is 5.97 Å². The standard InChI is InChI=1S/C22H27NO5/c1-15-5-7-19(18(11-15)14-23(16(2)24)9-10-27-3)20-12-17(13-22(25)26)6-8-21(20)28-4/h5-8,11-12H,9-10,13-14H2,1-4H3,(H,25,26). The van der Waals surface area contributed by atoms with E-state index in [4.69, 9.17) is 14.6 Å². The number of hydrogen-bond acceptors (Lipinski definition) is 4. The lowest BCUT2D eigenvalue weighted by atomic mass is 9.94. The molecule has 0 heterocycles. The van der Waals surface area contributed by atoms with Gasteiger partial charge in [-0.05, 0) is 35.7 Å². The van der Waals surface area contributed by atoms with E-state index in [-0.39, 0.29) is 12.3 Å². The number of benzene rings is 2. The van der Waals surface area contributed by atoms with Gasteiger partial charge in [-0.25, -0.2) is 0 Å². The molecule has 150 valence electrons. The van der Waals surface area contributed by atoms with Crippen LogP contribution >= 0.6 is 0 Å². The van der Waals surface area contributed by atoms with E-state index in [0.717, 1.165) is 22.3 Å². The van der Waals surface area contributed by atoms with Crippen molar-refractivity contribution in [3.8, 4) is 16.9 Å². The van der Waals surface area contributed by atoms with E-state index in [9.17, 15) is 9.59 Å². The lowest BCUT2D eigenvalue weighted by Crippen LogP contribution is -2.31. The third-order valence-electron chi connectivity index (χ3n) is 4.54. The number of aryl methyl sites for hydroxylation is 1. The number of carboxylic acid groups (broad SMARTS) is 1. The van der Waals surface area contributed by atoms with Gasteiger partial charge in [0.2, 0.25) is 5.91 Å². The van der Waals surface area contributed by atoms with Crippen LogP contribution in [-0.4, -0.2) is 49.3 Å². The SMILES string of the molecule is COCCN(Cc1cc(C)ccc1-c1cc(CC(=O)O)ccc1OC)C(C)=O. The van der Waals surface area contributed by atoms with Crippen molar-refractivity contribution < 1.29 is 24.2 Å². The minimum Gasteiger partial charge on any atom is -0.496 e. The summed E-state index contributed by atoms with van der Waals surface area (Å²) in [6.45, 7) is 4.92. The van der Waals surface area contributed by atoms with E-state index in [1.807, 2.05) is 31.2 Å². The maximum absolute atomic E-state index is 12.1. The zero-order valence-corrected chi connectivity index (χ0v) is 16.8. The molecule has 0 aliphatic rings. The normalized spacial score (nSPS) is 10.6. The molecule has 0 aliphatic carbocycles. The molecule has 2 aromatic rings. The quantitative estimate of drug-likeness (QED) is 0.717. The zero-order chi connectivity index (χ0) is 20.7. The minimum absolute atomic E-state index is 0.0314. The Balaban J connectivity index is 2.51. The summed E-state index contributed by atoms with van der Waals surface area (Å²) in [6.07, 6.45) is -0.0639. The van der Waals surface area contributed by atoms with E-state index in [2.05, 4.69) is 0 Å². The number of carbonyl (C=O) groups is 2. The smallest absolute Gasteiger partial charge is 0.307 e. The van der Waals surface area contributed by atoms with Crippen LogP contribution in [0.5, 0.6) is 5.75 Å². The lowest BCUT2D eigenvalue weighted by molar-refractivity contribution is -0.136. The Hall–Kier alpha value is -2.86. The third kappa shape index (κ3) is 5.57. The number of nitrogens with zero attached hydrogens (tertiary/aromatic N) is 1. The molecule has 0 bridgehead atoms. The first-order chi connectivity index (χ1) is 13.3. The summed E-state index contributed by atoms with van der Waals surface area (Å²) >= 11 is 0.